The van der Waals surface area contributed by atoms with E-state index in [9.17, 15) is 13.2 Å². The number of ether oxygens (including phenoxy) is 1. The molecule has 2 atom stereocenters. The van der Waals surface area contributed by atoms with Crippen LogP contribution in [0.25, 0.3) is 11.1 Å². The minimum absolute atomic E-state index is 0.0505. The highest BCUT2D eigenvalue weighted by Gasteiger charge is 2.28. The van der Waals surface area contributed by atoms with Crippen molar-refractivity contribution in [1.29, 1.82) is 0 Å². The van der Waals surface area contributed by atoms with E-state index in [2.05, 4.69) is 6.92 Å². The predicted molar refractivity (Wildman–Crippen MR) is 136 cm³/mol. The molecule has 204 valence electrons. The van der Waals surface area contributed by atoms with Crippen LogP contribution in [0.1, 0.15) is 74.1 Å². The maximum absolute atomic E-state index is 15.1. The standard InChI is InChI=1S/C31H32F6O/c1-3-5-18-7-8-19(27(33)26(18)32)9-10-20-12-14-24(30(36)28(20)34)25-16-15-23(29(35)31(25)37)21-11-13-22(6-4-2)38-17-21/h7-8,12,14-16,21-22H,3-6,9-11,13,17H2,1-2H3. The van der Waals surface area contributed by atoms with Crippen molar-refractivity contribution in [2.75, 3.05) is 6.61 Å². The van der Waals surface area contributed by atoms with Crippen LogP contribution in [0.5, 0.6) is 0 Å². The quantitative estimate of drug-likeness (QED) is 0.249. The summed E-state index contributed by atoms with van der Waals surface area (Å²) in [5.41, 5.74) is -0.359. The van der Waals surface area contributed by atoms with Gasteiger partial charge in [-0.2, -0.15) is 0 Å². The van der Waals surface area contributed by atoms with Crippen molar-refractivity contribution < 1.29 is 31.1 Å². The van der Waals surface area contributed by atoms with E-state index >= 15 is 13.2 Å². The van der Waals surface area contributed by atoms with Crippen LogP contribution in [0.3, 0.4) is 0 Å². The second-order valence-electron chi connectivity index (χ2n) is 10.0. The summed E-state index contributed by atoms with van der Waals surface area (Å²) in [4.78, 5) is 0. The first-order valence-electron chi connectivity index (χ1n) is 13.3. The van der Waals surface area contributed by atoms with Crippen molar-refractivity contribution >= 4 is 0 Å². The maximum Gasteiger partial charge on any atom is 0.167 e. The number of hydrogen-bond donors (Lipinski definition) is 0. The molecule has 1 saturated heterocycles. The fraction of sp³-hybridized carbons (Fsp3) is 0.419. The van der Waals surface area contributed by atoms with Crippen LogP contribution in [0.4, 0.5) is 26.3 Å². The molecule has 7 heteroatoms. The summed E-state index contributed by atoms with van der Waals surface area (Å²) in [6.45, 7) is 4.20. The van der Waals surface area contributed by atoms with Crippen molar-refractivity contribution in [3.63, 3.8) is 0 Å². The molecule has 0 bridgehead atoms. The third kappa shape index (κ3) is 5.78. The Morgan fingerprint density at radius 2 is 1.13 bits per heavy atom. The van der Waals surface area contributed by atoms with Crippen LogP contribution in [-0.2, 0) is 24.0 Å². The van der Waals surface area contributed by atoms with Gasteiger partial charge in [0.1, 0.15) is 0 Å². The summed E-state index contributed by atoms with van der Waals surface area (Å²) in [6, 6.07) is 8.08. The number of halogens is 6. The zero-order valence-corrected chi connectivity index (χ0v) is 21.7. The second-order valence-corrected chi connectivity index (χ2v) is 10.0. The van der Waals surface area contributed by atoms with Crippen molar-refractivity contribution in [2.24, 2.45) is 0 Å². The highest BCUT2D eigenvalue weighted by Crippen LogP contribution is 2.36. The van der Waals surface area contributed by atoms with Gasteiger partial charge < -0.3 is 4.74 Å². The van der Waals surface area contributed by atoms with Gasteiger partial charge in [-0.25, -0.2) is 26.3 Å². The molecule has 1 nitrogen and oxygen atoms in total. The molecule has 38 heavy (non-hydrogen) atoms. The largest absolute Gasteiger partial charge is 0.378 e. The van der Waals surface area contributed by atoms with Gasteiger partial charge in [-0.05, 0) is 60.8 Å². The zero-order valence-electron chi connectivity index (χ0n) is 21.7. The van der Waals surface area contributed by atoms with Crippen molar-refractivity contribution in [1.82, 2.24) is 0 Å². The summed E-state index contributed by atoms with van der Waals surface area (Å²) in [6.07, 6.45) is 4.34. The molecule has 1 aliphatic rings. The lowest BCUT2D eigenvalue weighted by Gasteiger charge is -2.29. The van der Waals surface area contributed by atoms with E-state index < -0.39 is 40.5 Å². The van der Waals surface area contributed by atoms with Crippen LogP contribution in [-0.4, -0.2) is 12.7 Å². The molecule has 0 amide bonds. The summed E-state index contributed by atoms with van der Waals surface area (Å²) in [5.74, 6) is -7.09. The molecule has 1 aliphatic heterocycles. The van der Waals surface area contributed by atoms with Crippen LogP contribution < -0.4 is 0 Å². The van der Waals surface area contributed by atoms with E-state index in [1.807, 2.05) is 6.92 Å². The van der Waals surface area contributed by atoms with E-state index in [1.165, 1.54) is 36.4 Å². The molecule has 1 heterocycles. The molecule has 0 aromatic heterocycles. The number of benzene rings is 3. The third-order valence-electron chi connectivity index (χ3n) is 7.41. The van der Waals surface area contributed by atoms with Gasteiger partial charge >= 0.3 is 0 Å². The zero-order chi connectivity index (χ0) is 27.4. The fourth-order valence-electron chi connectivity index (χ4n) is 5.23. The number of aryl methyl sites for hydroxylation is 3. The molecule has 3 aromatic carbocycles. The van der Waals surface area contributed by atoms with E-state index in [4.69, 9.17) is 4.74 Å². The highest BCUT2D eigenvalue weighted by molar-refractivity contribution is 5.66. The van der Waals surface area contributed by atoms with E-state index in [-0.39, 0.29) is 59.3 Å². The SMILES string of the molecule is CCCc1ccc(CCc2ccc(-c3ccc(C4CCC(CCC)OC4)c(F)c3F)c(F)c2F)c(F)c1F. The van der Waals surface area contributed by atoms with Crippen LogP contribution in [0.15, 0.2) is 36.4 Å². The minimum atomic E-state index is -1.32. The maximum atomic E-state index is 15.1. The lowest BCUT2D eigenvalue weighted by molar-refractivity contribution is -0.00181. The van der Waals surface area contributed by atoms with E-state index in [1.54, 1.807) is 0 Å². The van der Waals surface area contributed by atoms with Crippen LogP contribution >= 0.6 is 0 Å². The van der Waals surface area contributed by atoms with Crippen molar-refractivity contribution in [3.05, 3.63) is 93.6 Å². The van der Waals surface area contributed by atoms with Crippen molar-refractivity contribution in [2.45, 2.75) is 77.2 Å². The Hall–Kier alpha value is -2.80. The average molecular weight is 535 g/mol. The monoisotopic (exact) mass is 534 g/mol. The second kappa shape index (κ2) is 12.4. The first-order chi connectivity index (χ1) is 18.3. The Morgan fingerprint density at radius 3 is 1.68 bits per heavy atom. The molecule has 1 fully saturated rings. The summed E-state index contributed by atoms with van der Waals surface area (Å²) < 4.78 is 94.5. The molecule has 0 aliphatic carbocycles. The molecule has 4 rings (SSSR count). The van der Waals surface area contributed by atoms with Crippen LogP contribution in [0, 0.1) is 34.9 Å². The lowest BCUT2D eigenvalue weighted by atomic mass is 9.88. The predicted octanol–water partition coefficient (Wildman–Crippen LogP) is 8.99. The smallest absolute Gasteiger partial charge is 0.167 e. The Bertz CT molecular complexity index is 1280. The average Bonchev–Trinajstić information content (AvgIpc) is 2.91. The van der Waals surface area contributed by atoms with E-state index in [0.717, 1.165) is 19.3 Å². The van der Waals surface area contributed by atoms with Crippen LogP contribution in [0.2, 0.25) is 0 Å². The van der Waals surface area contributed by atoms with Gasteiger partial charge in [-0.3, -0.25) is 0 Å². The molecule has 3 aromatic rings. The summed E-state index contributed by atoms with van der Waals surface area (Å²) in [7, 11) is 0. The number of hydrogen-bond acceptors (Lipinski definition) is 1. The molecule has 0 spiro atoms. The molecular weight excluding hydrogens is 502 g/mol. The first-order valence-corrected chi connectivity index (χ1v) is 13.3. The highest BCUT2D eigenvalue weighted by atomic mass is 19.2. The third-order valence-corrected chi connectivity index (χ3v) is 7.41. The molecule has 0 N–H and O–H groups in total. The van der Waals surface area contributed by atoms with Gasteiger partial charge in [-0.15, -0.1) is 0 Å². The number of rotatable bonds is 9. The summed E-state index contributed by atoms with van der Waals surface area (Å²) in [5, 5.41) is 0. The van der Waals surface area contributed by atoms with Gasteiger partial charge in [0.05, 0.1) is 12.7 Å². The molecule has 2 unspecified atom stereocenters. The topological polar surface area (TPSA) is 9.23 Å². The van der Waals surface area contributed by atoms with Crippen molar-refractivity contribution in [3.8, 4) is 11.1 Å². The Balaban J connectivity index is 1.52. The molecular formula is C31H32F6O. The van der Waals surface area contributed by atoms with E-state index in [0.29, 0.717) is 19.3 Å². The van der Waals surface area contributed by atoms with Gasteiger partial charge in [0.15, 0.2) is 34.9 Å². The molecule has 0 saturated carbocycles. The Labute approximate surface area is 219 Å². The van der Waals surface area contributed by atoms with Gasteiger partial charge in [0, 0.05) is 17.0 Å². The first kappa shape index (κ1) is 28.2. The fourth-order valence-corrected chi connectivity index (χ4v) is 5.23. The van der Waals surface area contributed by atoms with Gasteiger partial charge in [0.25, 0.3) is 0 Å². The van der Waals surface area contributed by atoms with Gasteiger partial charge in [0.2, 0.25) is 0 Å². The lowest BCUT2D eigenvalue weighted by Crippen LogP contribution is -2.25. The van der Waals surface area contributed by atoms with Gasteiger partial charge in [-0.1, -0.05) is 63.1 Å². The minimum Gasteiger partial charge on any atom is -0.378 e. The normalized spacial score (nSPS) is 17.7. The summed E-state index contributed by atoms with van der Waals surface area (Å²) >= 11 is 0. The molecule has 0 radical (unpaired) electrons. The Morgan fingerprint density at radius 1 is 0.605 bits per heavy atom. The Kier molecular flexibility index (Phi) is 9.19.